The third kappa shape index (κ3) is 2.04. The molecule has 2 rings (SSSR count). The van der Waals surface area contributed by atoms with Gasteiger partial charge in [0.1, 0.15) is 17.4 Å². The third-order valence-electron chi connectivity index (χ3n) is 2.28. The van der Waals surface area contributed by atoms with E-state index in [4.69, 9.17) is 9.68 Å². The number of aliphatic imine (C=N–C) groups is 1. The van der Waals surface area contributed by atoms with E-state index in [1.165, 1.54) is 6.34 Å². The molecule has 1 heterocycles. The molecule has 16 heavy (non-hydrogen) atoms. The standard InChI is InChI=1S/C12H11N3O/c1-9(15-8-14-7-13)12-6-10-4-2-3-5-11(10)16-12/h2-6,8-9H,1H3,(H,14,15). The SMILES string of the molecule is CC(N=CNC#N)c1cc2ccccc2o1. The maximum Gasteiger partial charge on any atom is 0.182 e. The number of hydrogen-bond donors (Lipinski definition) is 1. The lowest BCUT2D eigenvalue weighted by Gasteiger charge is -1.99. The van der Waals surface area contributed by atoms with Gasteiger partial charge in [-0.3, -0.25) is 10.3 Å². The van der Waals surface area contributed by atoms with Crippen molar-refractivity contribution in [2.75, 3.05) is 0 Å². The molecule has 4 nitrogen and oxygen atoms in total. The van der Waals surface area contributed by atoms with Crippen LogP contribution in [-0.4, -0.2) is 6.34 Å². The van der Waals surface area contributed by atoms with Crippen molar-refractivity contribution in [1.82, 2.24) is 5.32 Å². The summed E-state index contributed by atoms with van der Waals surface area (Å²) in [5.41, 5.74) is 0.854. The number of nitrogens with zero attached hydrogens (tertiary/aromatic N) is 2. The molecule has 0 aliphatic heterocycles. The molecule has 0 aliphatic carbocycles. The Balaban J connectivity index is 2.23. The Morgan fingerprint density at radius 2 is 2.31 bits per heavy atom. The molecule has 0 amide bonds. The molecular weight excluding hydrogens is 202 g/mol. The first-order chi connectivity index (χ1) is 7.81. The van der Waals surface area contributed by atoms with Crippen LogP contribution in [0, 0.1) is 11.5 Å². The van der Waals surface area contributed by atoms with Crippen LogP contribution in [0.5, 0.6) is 0 Å². The van der Waals surface area contributed by atoms with E-state index in [1.54, 1.807) is 6.19 Å². The average molecular weight is 213 g/mol. The van der Waals surface area contributed by atoms with Gasteiger partial charge in [0.05, 0.1) is 6.34 Å². The Labute approximate surface area is 93.2 Å². The minimum Gasteiger partial charge on any atom is -0.459 e. The van der Waals surface area contributed by atoms with Crippen molar-refractivity contribution in [3.63, 3.8) is 0 Å². The maximum atomic E-state index is 8.29. The molecule has 0 spiro atoms. The van der Waals surface area contributed by atoms with E-state index in [0.717, 1.165) is 16.7 Å². The van der Waals surface area contributed by atoms with Crippen LogP contribution >= 0.6 is 0 Å². The number of benzene rings is 1. The van der Waals surface area contributed by atoms with Crippen LogP contribution < -0.4 is 5.32 Å². The molecule has 0 saturated carbocycles. The lowest BCUT2D eigenvalue weighted by atomic mass is 10.2. The Bertz CT molecular complexity index is 518. The molecule has 1 aromatic heterocycles. The molecule has 1 aromatic carbocycles. The molecule has 0 saturated heterocycles. The first-order valence-corrected chi connectivity index (χ1v) is 4.96. The van der Waals surface area contributed by atoms with Crippen LogP contribution in [0.25, 0.3) is 11.0 Å². The maximum absolute atomic E-state index is 8.29. The van der Waals surface area contributed by atoms with Crippen LogP contribution in [0.15, 0.2) is 39.7 Å². The highest BCUT2D eigenvalue weighted by Crippen LogP contribution is 2.25. The second kappa shape index (κ2) is 4.49. The molecule has 80 valence electrons. The average Bonchev–Trinajstić information content (AvgIpc) is 2.73. The van der Waals surface area contributed by atoms with Gasteiger partial charge in [0.2, 0.25) is 0 Å². The molecule has 0 aliphatic rings. The van der Waals surface area contributed by atoms with E-state index in [9.17, 15) is 0 Å². The zero-order valence-electron chi connectivity index (χ0n) is 8.84. The van der Waals surface area contributed by atoms with Gasteiger partial charge < -0.3 is 4.42 Å². The van der Waals surface area contributed by atoms with E-state index in [0.29, 0.717) is 0 Å². The van der Waals surface area contributed by atoms with Crippen molar-refractivity contribution in [2.45, 2.75) is 13.0 Å². The summed E-state index contributed by atoms with van der Waals surface area (Å²) in [4.78, 5) is 4.13. The number of fused-ring (bicyclic) bond motifs is 1. The van der Waals surface area contributed by atoms with Gasteiger partial charge in [-0.15, -0.1) is 0 Å². The molecule has 1 atom stereocenters. The second-order valence-corrected chi connectivity index (χ2v) is 3.40. The first kappa shape index (κ1) is 10.2. The van der Waals surface area contributed by atoms with Crippen molar-refractivity contribution in [3.05, 3.63) is 36.1 Å². The molecule has 1 N–H and O–H groups in total. The van der Waals surface area contributed by atoms with Gasteiger partial charge in [0.25, 0.3) is 0 Å². The summed E-state index contributed by atoms with van der Waals surface area (Å²) in [6, 6.07) is 9.67. The summed E-state index contributed by atoms with van der Waals surface area (Å²) in [6.07, 6.45) is 3.14. The van der Waals surface area contributed by atoms with Crippen LogP contribution in [0.3, 0.4) is 0 Å². The highest BCUT2D eigenvalue weighted by atomic mass is 16.3. The van der Waals surface area contributed by atoms with Gasteiger partial charge in [0, 0.05) is 5.39 Å². The summed E-state index contributed by atoms with van der Waals surface area (Å²) >= 11 is 0. The first-order valence-electron chi connectivity index (χ1n) is 4.96. The molecule has 0 fully saturated rings. The topological polar surface area (TPSA) is 61.3 Å². The minimum atomic E-state index is -0.103. The lowest BCUT2D eigenvalue weighted by Crippen LogP contribution is -2.01. The van der Waals surface area contributed by atoms with Gasteiger partial charge in [-0.2, -0.15) is 5.26 Å². The van der Waals surface area contributed by atoms with Crippen molar-refractivity contribution >= 4 is 17.3 Å². The zero-order valence-corrected chi connectivity index (χ0v) is 8.84. The number of nitriles is 1. The van der Waals surface area contributed by atoms with Gasteiger partial charge in [0.15, 0.2) is 6.19 Å². The zero-order chi connectivity index (χ0) is 11.4. The molecule has 0 bridgehead atoms. The number of furan rings is 1. The third-order valence-corrected chi connectivity index (χ3v) is 2.28. The monoisotopic (exact) mass is 213 g/mol. The van der Waals surface area contributed by atoms with Gasteiger partial charge >= 0.3 is 0 Å². The highest BCUT2D eigenvalue weighted by Gasteiger charge is 2.08. The van der Waals surface area contributed by atoms with Gasteiger partial charge in [-0.05, 0) is 19.1 Å². The Morgan fingerprint density at radius 3 is 3.06 bits per heavy atom. The van der Waals surface area contributed by atoms with E-state index in [1.807, 2.05) is 37.3 Å². The summed E-state index contributed by atoms with van der Waals surface area (Å²) in [7, 11) is 0. The molecule has 0 radical (unpaired) electrons. The smallest absolute Gasteiger partial charge is 0.182 e. The number of hydrogen-bond acceptors (Lipinski definition) is 3. The Morgan fingerprint density at radius 1 is 1.50 bits per heavy atom. The largest absolute Gasteiger partial charge is 0.459 e. The Kier molecular flexibility index (Phi) is 2.88. The predicted molar refractivity (Wildman–Crippen MR) is 61.9 cm³/mol. The van der Waals surface area contributed by atoms with E-state index >= 15 is 0 Å². The fraction of sp³-hybridized carbons (Fsp3) is 0.167. The predicted octanol–water partition coefficient (Wildman–Crippen LogP) is 2.59. The van der Waals surface area contributed by atoms with E-state index < -0.39 is 0 Å². The summed E-state index contributed by atoms with van der Waals surface area (Å²) in [5, 5.41) is 11.7. The number of nitrogens with one attached hydrogen (secondary N) is 1. The van der Waals surface area contributed by atoms with Crippen LogP contribution in [-0.2, 0) is 0 Å². The summed E-state index contributed by atoms with van der Waals surface area (Å²) in [5.74, 6) is 0.789. The molecule has 1 unspecified atom stereocenters. The highest BCUT2D eigenvalue weighted by molar-refractivity contribution is 5.77. The van der Waals surface area contributed by atoms with Crippen LogP contribution in [0.1, 0.15) is 18.7 Å². The minimum absolute atomic E-state index is 0.103. The number of para-hydroxylation sites is 1. The lowest BCUT2D eigenvalue weighted by molar-refractivity contribution is 0.514. The fourth-order valence-electron chi connectivity index (χ4n) is 1.46. The molecular formula is C12H11N3O. The number of rotatable bonds is 3. The van der Waals surface area contributed by atoms with E-state index in [2.05, 4.69) is 10.3 Å². The summed E-state index contributed by atoms with van der Waals surface area (Å²) < 4.78 is 5.64. The van der Waals surface area contributed by atoms with Gasteiger partial charge in [-0.25, -0.2) is 0 Å². The van der Waals surface area contributed by atoms with Gasteiger partial charge in [-0.1, -0.05) is 18.2 Å². The Hall–Kier alpha value is -2.28. The van der Waals surface area contributed by atoms with Crippen LogP contribution in [0.4, 0.5) is 0 Å². The second-order valence-electron chi connectivity index (χ2n) is 3.40. The van der Waals surface area contributed by atoms with Crippen molar-refractivity contribution in [1.29, 1.82) is 5.26 Å². The van der Waals surface area contributed by atoms with E-state index in [-0.39, 0.29) is 6.04 Å². The van der Waals surface area contributed by atoms with Crippen molar-refractivity contribution < 1.29 is 4.42 Å². The van der Waals surface area contributed by atoms with Crippen molar-refractivity contribution in [3.8, 4) is 6.19 Å². The van der Waals surface area contributed by atoms with Crippen LogP contribution in [0.2, 0.25) is 0 Å². The molecule has 2 aromatic rings. The fourth-order valence-corrected chi connectivity index (χ4v) is 1.46. The quantitative estimate of drug-likeness (QED) is 0.369. The normalized spacial score (nSPS) is 12.8. The summed E-state index contributed by atoms with van der Waals surface area (Å²) in [6.45, 7) is 1.91. The molecule has 4 heteroatoms. The van der Waals surface area contributed by atoms with Crippen molar-refractivity contribution in [2.24, 2.45) is 4.99 Å².